The molecule has 0 fully saturated rings. The minimum absolute atomic E-state index is 0.348. The molecule has 0 aromatic carbocycles. The van der Waals surface area contributed by atoms with Crippen molar-refractivity contribution < 1.29 is 1.37 Å². The molecular weight excluding hydrogens is 130 g/mol. The van der Waals surface area contributed by atoms with E-state index in [1.807, 2.05) is 0 Å². The van der Waals surface area contributed by atoms with Crippen LogP contribution < -0.4 is 5.43 Å². The van der Waals surface area contributed by atoms with Crippen molar-refractivity contribution in [1.82, 2.24) is 15.0 Å². The molecule has 0 aliphatic rings. The van der Waals surface area contributed by atoms with Crippen LogP contribution in [0.2, 0.25) is 0 Å². The van der Waals surface area contributed by atoms with Gasteiger partial charge in [-0.15, -0.1) is 0 Å². The fraction of sp³-hybridized carbons (Fsp3) is 0.200. The first-order valence-corrected chi connectivity index (χ1v) is 2.64. The fourth-order valence-electron chi connectivity index (χ4n) is 0.490. The average molecular weight is 138 g/mol. The van der Waals surface area contributed by atoms with Crippen LogP contribution >= 0.6 is 0 Å². The van der Waals surface area contributed by atoms with Crippen molar-refractivity contribution in [2.45, 2.75) is 6.92 Å². The van der Waals surface area contributed by atoms with Crippen LogP contribution in [0.4, 0.5) is 5.95 Å². The lowest BCUT2D eigenvalue weighted by Gasteiger charge is -1.95. The molecular formula is C5H7N5. The monoisotopic (exact) mass is 138 g/mol. The highest BCUT2D eigenvalue weighted by Gasteiger charge is 1.91. The Hall–Kier alpha value is -1.52. The lowest BCUT2D eigenvalue weighted by atomic mass is 10.7. The molecule has 1 rings (SSSR count). The molecule has 0 atom stereocenters. The van der Waals surface area contributed by atoms with Crippen LogP contribution in [0.5, 0.6) is 0 Å². The molecule has 0 bridgehead atoms. The molecule has 0 amide bonds. The van der Waals surface area contributed by atoms with Gasteiger partial charge in [0.1, 0.15) is 12.2 Å². The number of hydrogen-bond donors (Lipinski definition) is 1. The maximum absolute atomic E-state index is 6.58. The van der Waals surface area contributed by atoms with E-state index < -0.39 is 0 Å². The van der Waals surface area contributed by atoms with Gasteiger partial charge in [-0.2, -0.15) is 15.1 Å². The van der Waals surface area contributed by atoms with Gasteiger partial charge in [0.05, 0.1) is 1.37 Å². The summed E-state index contributed by atoms with van der Waals surface area (Å²) in [4.78, 5) is 11.4. The summed E-state index contributed by atoms with van der Waals surface area (Å²) in [7, 11) is 0. The number of rotatable bonds is 2. The molecule has 5 heteroatoms. The first kappa shape index (κ1) is 5.28. The van der Waals surface area contributed by atoms with E-state index in [4.69, 9.17) is 1.37 Å². The highest BCUT2D eigenvalue weighted by Crippen LogP contribution is 1.93. The molecule has 0 saturated carbocycles. The van der Waals surface area contributed by atoms with Gasteiger partial charge >= 0.3 is 0 Å². The highest BCUT2D eigenvalue weighted by molar-refractivity contribution is 5.30. The summed E-state index contributed by atoms with van der Waals surface area (Å²) in [6.45, 7) is 2.62. The number of nitrogens with one attached hydrogen (secondary N) is 1. The van der Waals surface area contributed by atoms with Gasteiger partial charge in [-0.1, -0.05) is 0 Å². The maximum atomic E-state index is 6.58. The zero-order chi connectivity index (χ0) is 8.10. The average Bonchev–Trinajstić information content (AvgIpc) is 2.01. The van der Waals surface area contributed by atoms with Crippen molar-refractivity contribution >= 4 is 12.6 Å². The van der Waals surface area contributed by atoms with E-state index in [1.54, 1.807) is 6.92 Å². The Morgan fingerprint density at radius 2 is 2.70 bits per heavy atom. The van der Waals surface area contributed by atoms with Crippen LogP contribution in [0.1, 0.15) is 7.20 Å². The Morgan fingerprint density at radius 3 is 3.40 bits per heavy atom. The van der Waals surface area contributed by atoms with Gasteiger partial charge in [0, 0.05) is 6.69 Å². The first-order valence-electron chi connectivity index (χ1n) is 3.22. The summed E-state index contributed by atoms with van der Waals surface area (Å²) in [5, 5.41) is 3.42. The Balaban J connectivity index is 2.71. The molecule has 1 aromatic rings. The quantitative estimate of drug-likeness (QED) is 0.468. The Morgan fingerprint density at radius 1 is 1.80 bits per heavy atom. The minimum Gasteiger partial charge on any atom is -0.246 e. The van der Waals surface area contributed by atoms with E-state index in [-0.39, 0.29) is 0 Å². The van der Waals surface area contributed by atoms with Gasteiger partial charge in [0.15, 0.2) is 0 Å². The van der Waals surface area contributed by atoms with Crippen molar-refractivity contribution in [1.29, 1.82) is 0 Å². The molecule has 0 spiro atoms. The molecule has 5 nitrogen and oxygen atoms in total. The van der Waals surface area contributed by atoms with Gasteiger partial charge < -0.3 is 0 Å². The smallest absolute Gasteiger partial charge is 0.246 e. The summed E-state index contributed by atoms with van der Waals surface area (Å²) in [6, 6.07) is 0. The normalized spacial score (nSPS) is 11.5. The van der Waals surface area contributed by atoms with Crippen molar-refractivity contribution in [2.75, 3.05) is 5.43 Å². The second-order valence-electron chi connectivity index (χ2n) is 1.60. The molecule has 0 radical (unpaired) electrons. The summed E-state index contributed by atoms with van der Waals surface area (Å²) in [6.07, 6.45) is 1.38. The van der Waals surface area contributed by atoms with E-state index in [2.05, 4.69) is 25.5 Å². The van der Waals surface area contributed by atoms with E-state index in [1.165, 1.54) is 6.33 Å². The van der Waals surface area contributed by atoms with Gasteiger partial charge in [-0.25, -0.2) is 10.4 Å². The second kappa shape index (κ2) is 2.86. The van der Waals surface area contributed by atoms with Crippen LogP contribution in [-0.4, -0.2) is 21.6 Å². The second-order valence-corrected chi connectivity index (χ2v) is 1.60. The van der Waals surface area contributed by atoms with Gasteiger partial charge in [-0.05, 0) is 6.92 Å². The third kappa shape index (κ3) is 1.48. The Kier molecular flexibility index (Phi) is 1.51. The molecule has 0 aliphatic heterocycles. The summed E-state index contributed by atoms with van der Waals surface area (Å²) in [5.74, 6) is 0.962. The largest absolute Gasteiger partial charge is 0.246 e. The number of anilines is 1. The molecule has 10 heavy (non-hydrogen) atoms. The molecule has 0 unspecified atom stereocenters. The predicted molar refractivity (Wildman–Crippen MR) is 37.7 cm³/mol. The fourth-order valence-corrected chi connectivity index (χ4v) is 0.490. The van der Waals surface area contributed by atoms with Crippen molar-refractivity contribution in [3.8, 4) is 0 Å². The number of nitrogens with zero attached hydrogens (tertiary/aromatic N) is 4. The summed E-state index contributed by atoms with van der Waals surface area (Å²) in [5.41, 5.74) is 2.45. The zero-order valence-corrected chi connectivity index (χ0v) is 5.44. The number of aryl methyl sites for hydroxylation is 1. The SMILES string of the molecule is [2H]C=NNc1ncnc(C)n1. The van der Waals surface area contributed by atoms with Gasteiger partial charge in [0.25, 0.3) is 0 Å². The van der Waals surface area contributed by atoms with Gasteiger partial charge in [0.2, 0.25) is 5.95 Å². The maximum Gasteiger partial charge on any atom is 0.246 e. The first-order chi connectivity index (χ1) is 5.33. The number of hydrazone groups is 1. The van der Waals surface area contributed by atoms with Crippen LogP contribution in [0, 0.1) is 6.92 Å². The molecule has 0 saturated heterocycles. The van der Waals surface area contributed by atoms with Crippen LogP contribution in [-0.2, 0) is 0 Å². The van der Waals surface area contributed by atoms with Crippen LogP contribution in [0.15, 0.2) is 11.4 Å². The Labute approximate surface area is 59.6 Å². The third-order valence-corrected chi connectivity index (χ3v) is 0.857. The van der Waals surface area contributed by atoms with E-state index in [9.17, 15) is 0 Å². The van der Waals surface area contributed by atoms with Gasteiger partial charge in [-0.3, -0.25) is 0 Å². The van der Waals surface area contributed by atoms with E-state index in [0.29, 0.717) is 11.8 Å². The van der Waals surface area contributed by atoms with Crippen LogP contribution in [0.3, 0.4) is 0 Å². The lowest BCUT2D eigenvalue weighted by Crippen LogP contribution is -1.97. The standard InChI is InChI=1S/C5H7N5/c1-4-7-3-8-5(9-4)10-6-2/h3H,2H2,1H3,(H,7,8,9,10)/i2D. The number of aromatic nitrogens is 3. The van der Waals surface area contributed by atoms with E-state index >= 15 is 0 Å². The Bertz CT molecular complexity index is 261. The van der Waals surface area contributed by atoms with Crippen molar-refractivity contribution in [3.63, 3.8) is 0 Å². The molecule has 1 N–H and O–H groups in total. The zero-order valence-electron chi connectivity index (χ0n) is 6.44. The molecule has 0 aliphatic carbocycles. The van der Waals surface area contributed by atoms with Crippen molar-refractivity contribution in [2.24, 2.45) is 5.10 Å². The van der Waals surface area contributed by atoms with E-state index in [0.717, 1.165) is 6.69 Å². The number of hydrogen-bond acceptors (Lipinski definition) is 5. The molecule has 52 valence electrons. The summed E-state index contributed by atoms with van der Waals surface area (Å²) < 4.78 is 6.58. The topological polar surface area (TPSA) is 63.1 Å². The predicted octanol–water partition coefficient (Wildman–Crippen LogP) is 0.208. The molecule has 1 aromatic heterocycles. The molecule has 1 heterocycles. The third-order valence-electron chi connectivity index (χ3n) is 0.857. The minimum atomic E-state index is 0.348. The van der Waals surface area contributed by atoms with Crippen molar-refractivity contribution in [3.05, 3.63) is 12.2 Å². The highest BCUT2D eigenvalue weighted by atomic mass is 15.3. The van der Waals surface area contributed by atoms with Crippen LogP contribution in [0.25, 0.3) is 0 Å². The summed E-state index contributed by atoms with van der Waals surface area (Å²) >= 11 is 0. The lowest BCUT2D eigenvalue weighted by molar-refractivity contribution is 0.968.